The molecule has 1 aromatic carbocycles. The van der Waals surface area contributed by atoms with E-state index in [-0.39, 0.29) is 32.1 Å². The summed E-state index contributed by atoms with van der Waals surface area (Å²) < 4.78 is 10.5. The Morgan fingerprint density at radius 3 is 2.22 bits per heavy atom. The second-order valence-electron chi connectivity index (χ2n) is 5.83. The van der Waals surface area contributed by atoms with Crippen LogP contribution in [0.15, 0.2) is 28.7 Å². The molecule has 0 radical (unpaired) electrons. The van der Waals surface area contributed by atoms with Crippen LogP contribution in [0.4, 0.5) is 5.69 Å². The van der Waals surface area contributed by atoms with E-state index in [9.17, 15) is 19.2 Å². The third-order valence-electron chi connectivity index (χ3n) is 3.97. The zero-order valence-electron chi connectivity index (χ0n) is 15.1. The summed E-state index contributed by atoms with van der Waals surface area (Å²) in [7, 11) is 0. The highest BCUT2D eigenvalue weighted by Gasteiger charge is 2.39. The molecule has 2 rings (SSSR count). The first kappa shape index (κ1) is 20.9. The first-order valence-electron chi connectivity index (χ1n) is 8.56. The van der Waals surface area contributed by atoms with Crippen molar-refractivity contribution >= 4 is 45.4 Å². The molecular weight excluding hydrogens is 420 g/mol. The van der Waals surface area contributed by atoms with Gasteiger partial charge in [-0.2, -0.15) is 0 Å². The fourth-order valence-corrected chi connectivity index (χ4v) is 2.94. The number of carbonyl (C=O) groups excluding carboxylic acids is 4. The number of hydrogen-bond donors (Lipinski definition) is 1. The Kier molecular flexibility index (Phi) is 7.35. The number of nitrogens with zero attached hydrogens (tertiary/aromatic N) is 1. The van der Waals surface area contributed by atoms with E-state index in [4.69, 9.17) is 9.47 Å². The number of rotatable bonds is 7. The molecule has 0 unspecified atom stereocenters. The van der Waals surface area contributed by atoms with Gasteiger partial charge >= 0.3 is 11.9 Å². The van der Waals surface area contributed by atoms with E-state index in [0.717, 1.165) is 4.47 Å². The SMILES string of the molecule is CCOC(=O)C(NC(=O)[C@@H]1CC(=O)N(c2ccc(Br)cc2)C1)C(=O)OCC. The molecule has 1 N–H and O–H groups in total. The number of carbonyl (C=O) groups is 4. The Bertz CT molecular complexity index is 703. The average molecular weight is 441 g/mol. The summed E-state index contributed by atoms with van der Waals surface area (Å²) in [6.45, 7) is 3.46. The number of nitrogens with one attached hydrogen (secondary N) is 1. The van der Waals surface area contributed by atoms with Gasteiger partial charge in [0.2, 0.25) is 17.9 Å². The van der Waals surface area contributed by atoms with Crippen molar-refractivity contribution < 1.29 is 28.7 Å². The van der Waals surface area contributed by atoms with E-state index in [1.807, 2.05) is 0 Å². The van der Waals surface area contributed by atoms with E-state index in [1.54, 1.807) is 38.1 Å². The topological polar surface area (TPSA) is 102 Å². The summed E-state index contributed by atoms with van der Waals surface area (Å²) in [4.78, 5) is 50.3. The minimum absolute atomic E-state index is 0.0136. The second kappa shape index (κ2) is 9.50. The van der Waals surface area contributed by atoms with Gasteiger partial charge in [0.1, 0.15) is 0 Å². The highest BCUT2D eigenvalue weighted by molar-refractivity contribution is 9.10. The number of halogens is 1. The Hall–Kier alpha value is -2.42. The lowest BCUT2D eigenvalue weighted by molar-refractivity contribution is -0.159. The van der Waals surface area contributed by atoms with E-state index >= 15 is 0 Å². The molecule has 1 aliphatic rings. The van der Waals surface area contributed by atoms with Crippen molar-refractivity contribution in [2.24, 2.45) is 5.92 Å². The van der Waals surface area contributed by atoms with Crippen LogP contribution in [0, 0.1) is 5.92 Å². The lowest BCUT2D eigenvalue weighted by Crippen LogP contribution is -2.50. The van der Waals surface area contributed by atoms with Crippen LogP contribution in [0.2, 0.25) is 0 Å². The molecule has 1 aromatic rings. The molecule has 0 aromatic heterocycles. The quantitative estimate of drug-likeness (QED) is 0.507. The molecule has 1 fully saturated rings. The molecule has 8 nitrogen and oxygen atoms in total. The van der Waals surface area contributed by atoms with Gasteiger partial charge in [0, 0.05) is 23.1 Å². The maximum atomic E-state index is 12.5. The third kappa shape index (κ3) is 5.29. The van der Waals surface area contributed by atoms with Crippen molar-refractivity contribution in [3.05, 3.63) is 28.7 Å². The zero-order valence-corrected chi connectivity index (χ0v) is 16.7. The maximum Gasteiger partial charge on any atom is 0.340 e. The predicted octanol–water partition coefficient (Wildman–Crippen LogP) is 1.41. The molecule has 1 heterocycles. The average Bonchev–Trinajstić information content (AvgIpc) is 3.02. The minimum Gasteiger partial charge on any atom is -0.464 e. The van der Waals surface area contributed by atoms with Gasteiger partial charge in [0.05, 0.1) is 19.1 Å². The molecule has 0 bridgehead atoms. The first-order chi connectivity index (χ1) is 12.9. The van der Waals surface area contributed by atoms with Crippen molar-refractivity contribution in [1.82, 2.24) is 5.32 Å². The van der Waals surface area contributed by atoms with E-state index in [0.29, 0.717) is 5.69 Å². The molecule has 1 aliphatic heterocycles. The molecule has 0 spiro atoms. The summed E-state index contributed by atoms with van der Waals surface area (Å²) in [6.07, 6.45) is -0.0136. The highest BCUT2D eigenvalue weighted by Crippen LogP contribution is 2.26. The molecule has 2 amide bonds. The summed E-state index contributed by atoms with van der Waals surface area (Å²) in [6, 6.07) is 5.58. The summed E-state index contributed by atoms with van der Waals surface area (Å²) in [5, 5.41) is 2.36. The van der Waals surface area contributed by atoms with Crippen LogP contribution in [-0.2, 0) is 28.7 Å². The summed E-state index contributed by atoms with van der Waals surface area (Å²) in [5.74, 6) is -3.25. The molecule has 0 aliphatic carbocycles. The van der Waals surface area contributed by atoms with Crippen LogP contribution in [0.25, 0.3) is 0 Å². The zero-order chi connectivity index (χ0) is 20.0. The van der Waals surface area contributed by atoms with Crippen molar-refractivity contribution in [2.75, 3.05) is 24.7 Å². The monoisotopic (exact) mass is 440 g/mol. The van der Waals surface area contributed by atoms with Gasteiger partial charge in [-0.05, 0) is 38.1 Å². The Labute approximate surface area is 165 Å². The number of amides is 2. The summed E-state index contributed by atoms with van der Waals surface area (Å²) >= 11 is 3.33. The molecule has 0 saturated carbocycles. The number of esters is 2. The third-order valence-corrected chi connectivity index (χ3v) is 4.49. The van der Waals surface area contributed by atoms with E-state index in [1.165, 1.54) is 4.90 Å². The molecular formula is C18H21BrN2O6. The van der Waals surface area contributed by atoms with Crippen molar-refractivity contribution in [3.63, 3.8) is 0 Å². The standard InChI is InChI=1S/C18H21BrN2O6/c1-3-26-17(24)15(18(25)27-4-2)20-16(23)11-9-14(22)21(10-11)13-7-5-12(19)6-8-13/h5-8,11,15H,3-4,9-10H2,1-2H3,(H,20,23)/t11-/m1/s1. The van der Waals surface area contributed by atoms with Crippen molar-refractivity contribution in [2.45, 2.75) is 26.3 Å². The first-order valence-corrected chi connectivity index (χ1v) is 9.36. The van der Waals surface area contributed by atoms with Gasteiger partial charge in [-0.1, -0.05) is 15.9 Å². The van der Waals surface area contributed by atoms with Gasteiger partial charge in [0.15, 0.2) is 0 Å². The van der Waals surface area contributed by atoms with Gasteiger partial charge < -0.3 is 19.7 Å². The minimum atomic E-state index is -1.55. The molecule has 1 saturated heterocycles. The number of hydrogen-bond acceptors (Lipinski definition) is 6. The molecule has 146 valence electrons. The van der Waals surface area contributed by atoms with Crippen LogP contribution in [-0.4, -0.2) is 49.6 Å². The fraction of sp³-hybridized carbons (Fsp3) is 0.444. The van der Waals surface area contributed by atoms with Gasteiger partial charge in [-0.3, -0.25) is 9.59 Å². The van der Waals surface area contributed by atoms with E-state index in [2.05, 4.69) is 21.2 Å². The Balaban J connectivity index is 2.07. The van der Waals surface area contributed by atoms with Crippen LogP contribution in [0.1, 0.15) is 20.3 Å². The molecule has 1 atom stereocenters. The Morgan fingerprint density at radius 2 is 1.70 bits per heavy atom. The van der Waals surface area contributed by atoms with Gasteiger partial charge in [-0.25, -0.2) is 9.59 Å². The number of ether oxygens (including phenoxy) is 2. The van der Waals surface area contributed by atoms with Gasteiger partial charge in [-0.15, -0.1) is 0 Å². The predicted molar refractivity (Wildman–Crippen MR) is 99.8 cm³/mol. The highest BCUT2D eigenvalue weighted by atomic mass is 79.9. The van der Waals surface area contributed by atoms with Crippen LogP contribution in [0.5, 0.6) is 0 Å². The Morgan fingerprint density at radius 1 is 1.15 bits per heavy atom. The number of anilines is 1. The fourth-order valence-electron chi connectivity index (χ4n) is 2.68. The van der Waals surface area contributed by atoms with E-state index < -0.39 is 29.8 Å². The van der Waals surface area contributed by atoms with Crippen LogP contribution < -0.4 is 10.2 Å². The molecule has 9 heteroatoms. The van der Waals surface area contributed by atoms with Crippen molar-refractivity contribution in [3.8, 4) is 0 Å². The van der Waals surface area contributed by atoms with Crippen molar-refractivity contribution in [1.29, 1.82) is 0 Å². The lowest BCUT2D eigenvalue weighted by Gasteiger charge is -2.19. The molecule has 27 heavy (non-hydrogen) atoms. The lowest BCUT2D eigenvalue weighted by atomic mass is 10.1. The summed E-state index contributed by atoms with van der Waals surface area (Å²) in [5.41, 5.74) is 0.672. The number of benzene rings is 1. The van der Waals surface area contributed by atoms with Crippen LogP contribution in [0.3, 0.4) is 0 Å². The smallest absolute Gasteiger partial charge is 0.340 e. The normalized spacial score (nSPS) is 16.4. The largest absolute Gasteiger partial charge is 0.464 e. The second-order valence-corrected chi connectivity index (χ2v) is 6.74. The van der Waals surface area contributed by atoms with Gasteiger partial charge in [0.25, 0.3) is 0 Å². The van der Waals surface area contributed by atoms with Crippen LogP contribution >= 0.6 is 15.9 Å². The maximum absolute atomic E-state index is 12.5.